The summed E-state index contributed by atoms with van der Waals surface area (Å²) in [6.07, 6.45) is 0.809. The van der Waals surface area contributed by atoms with Crippen molar-refractivity contribution < 1.29 is 14.3 Å². The van der Waals surface area contributed by atoms with E-state index in [0.29, 0.717) is 11.6 Å². The van der Waals surface area contributed by atoms with E-state index in [2.05, 4.69) is 15.6 Å². The smallest absolute Gasteiger partial charge is 0.321 e. The Labute approximate surface area is 174 Å². The molecule has 0 radical (unpaired) electrons. The van der Waals surface area contributed by atoms with Crippen molar-refractivity contribution in [3.63, 3.8) is 0 Å². The van der Waals surface area contributed by atoms with E-state index in [0.717, 1.165) is 34.2 Å². The van der Waals surface area contributed by atoms with Gasteiger partial charge >= 0.3 is 6.03 Å². The summed E-state index contributed by atoms with van der Waals surface area (Å²) < 4.78 is 5.33. The first-order valence-corrected chi connectivity index (χ1v) is 10.3. The Morgan fingerprint density at radius 1 is 1.10 bits per heavy atom. The van der Waals surface area contributed by atoms with E-state index in [1.54, 1.807) is 7.11 Å². The minimum atomic E-state index is -0.473. The number of carbonyl (C=O) groups is 2. The van der Waals surface area contributed by atoms with Gasteiger partial charge in [0, 0.05) is 18.0 Å². The van der Waals surface area contributed by atoms with Crippen LogP contribution in [-0.4, -0.2) is 36.3 Å². The molecule has 0 saturated heterocycles. The zero-order chi connectivity index (χ0) is 20.6. The van der Waals surface area contributed by atoms with E-state index >= 15 is 0 Å². The van der Waals surface area contributed by atoms with Crippen molar-refractivity contribution in [3.8, 4) is 16.9 Å². The number of pyridine rings is 1. The molecule has 0 aliphatic rings. The van der Waals surface area contributed by atoms with Gasteiger partial charge in [0.2, 0.25) is 5.91 Å². The molecule has 1 heterocycles. The molecule has 0 spiro atoms. The monoisotopic (exact) mass is 409 g/mol. The minimum Gasteiger partial charge on any atom is -0.497 e. The van der Waals surface area contributed by atoms with Crippen molar-refractivity contribution in [2.24, 2.45) is 0 Å². The quantitative estimate of drug-likeness (QED) is 0.571. The van der Waals surface area contributed by atoms with Crippen LogP contribution in [0.2, 0.25) is 0 Å². The van der Waals surface area contributed by atoms with E-state index in [4.69, 9.17) is 4.74 Å². The number of hydrogen-bond donors (Lipinski definition) is 2. The van der Waals surface area contributed by atoms with Gasteiger partial charge in [-0.1, -0.05) is 49.0 Å². The van der Waals surface area contributed by atoms with Crippen molar-refractivity contribution in [1.29, 1.82) is 0 Å². The SMILES string of the molecule is CCCNC(=O)NC(=O)CSc1cc(-c2ccccc2)c2ccc(OC)cc2n1. The number of ether oxygens (including phenoxy) is 1. The Morgan fingerprint density at radius 3 is 2.62 bits per heavy atom. The average molecular weight is 410 g/mol. The van der Waals surface area contributed by atoms with Crippen LogP contribution in [0.4, 0.5) is 4.79 Å². The molecule has 0 bridgehead atoms. The van der Waals surface area contributed by atoms with E-state index in [-0.39, 0.29) is 11.7 Å². The number of carbonyl (C=O) groups excluding carboxylic acids is 2. The third-order valence-electron chi connectivity index (χ3n) is 4.22. The minimum absolute atomic E-state index is 0.0935. The predicted molar refractivity (Wildman–Crippen MR) is 116 cm³/mol. The highest BCUT2D eigenvalue weighted by molar-refractivity contribution is 7.99. The topological polar surface area (TPSA) is 80.3 Å². The molecular formula is C22H23N3O3S. The molecular weight excluding hydrogens is 386 g/mol. The van der Waals surface area contributed by atoms with Crippen molar-refractivity contribution in [2.75, 3.05) is 19.4 Å². The number of urea groups is 1. The lowest BCUT2D eigenvalue weighted by Crippen LogP contribution is -2.40. The number of benzene rings is 2. The molecule has 1 aromatic heterocycles. The highest BCUT2D eigenvalue weighted by Crippen LogP contribution is 2.33. The fraction of sp³-hybridized carbons (Fsp3) is 0.227. The van der Waals surface area contributed by atoms with Gasteiger partial charge in [0.15, 0.2) is 0 Å². The second-order valence-electron chi connectivity index (χ2n) is 6.35. The van der Waals surface area contributed by atoms with Crippen LogP contribution in [0.15, 0.2) is 59.6 Å². The lowest BCUT2D eigenvalue weighted by Gasteiger charge is -2.11. The van der Waals surface area contributed by atoms with Gasteiger partial charge in [0.05, 0.1) is 23.4 Å². The van der Waals surface area contributed by atoms with Crippen LogP contribution >= 0.6 is 11.8 Å². The molecule has 29 heavy (non-hydrogen) atoms. The zero-order valence-corrected chi connectivity index (χ0v) is 17.2. The van der Waals surface area contributed by atoms with Crippen LogP contribution in [0.5, 0.6) is 5.75 Å². The number of thioether (sulfide) groups is 1. The number of amides is 3. The second kappa shape index (κ2) is 9.93. The second-order valence-corrected chi connectivity index (χ2v) is 7.35. The molecule has 0 fully saturated rings. The average Bonchev–Trinajstić information content (AvgIpc) is 2.75. The molecule has 3 rings (SSSR count). The maximum Gasteiger partial charge on any atom is 0.321 e. The van der Waals surface area contributed by atoms with Crippen LogP contribution in [-0.2, 0) is 4.79 Å². The molecule has 3 aromatic rings. The summed E-state index contributed by atoms with van der Waals surface area (Å²) in [7, 11) is 1.62. The molecule has 0 aliphatic heterocycles. The summed E-state index contributed by atoms with van der Waals surface area (Å²) in [5.41, 5.74) is 2.88. The molecule has 3 amide bonds. The highest BCUT2D eigenvalue weighted by Gasteiger charge is 2.12. The molecule has 6 nitrogen and oxygen atoms in total. The fourth-order valence-corrected chi connectivity index (χ4v) is 3.54. The maximum absolute atomic E-state index is 12.1. The number of fused-ring (bicyclic) bond motifs is 1. The lowest BCUT2D eigenvalue weighted by atomic mass is 10.0. The van der Waals surface area contributed by atoms with Crippen molar-refractivity contribution in [3.05, 3.63) is 54.6 Å². The molecule has 7 heteroatoms. The molecule has 0 unspecified atom stereocenters. The third kappa shape index (κ3) is 5.48. The Hall–Kier alpha value is -3.06. The molecule has 2 N–H and O–H groups in total. The summed E-state index contributed by atoms with van der Waals surface area (Å²) in [6.45, 7) is 2.48. The van der Waals surface area contributed by atoms with E-state index in [9.17, 15) is 9.59 Å². The molecule has 2 aromatic carbocycles. The number of methoxy groups -OCH3 is 1. The predicted octanol–water partition coefficient (Wildman–Crippen LogP) is 4.24. The summed E-state index contributed by atoms with van der Waals surface area (Å²) in [4.78, 5) is 28.4. The third-order valence-corrected chi connectivity index (χ3v) is 5.13. The Balaban J connectivity index is 1.84. The van der Waals surface area contributed by atoms with E-state index < -0.39 is 6.03 Å². The Morgan fingerprint density at radius 2 is 1.90 bits per heavy atom. The van der Waals surface area contributed by atoms with Crippen molar-refractivity contribution >= 4 is 34.6 Å². The number of rotatable bonds is 7. The van der Waals surface area contributed by atoms with Crippen molar-refractivity contribution in [2.45, 2.75) is 18.4 Å². The Kier molecular flexibility index (Phi) is 7.08. The summed E-state index contributed by atoms with van der Waals surface area (Å²) >= 11 is 1.29. The normalized spacial score (nSPS) is 10.6. The summed E-state index contributed by atoms with van der Waals surface area (Å²) in [6, 6.07) is 17.3. The van der Waals surface area contributed by atoms with Crippen molar-refractivity contribution in [1.82, 2.24) is 15.6 Å². The van der Waals surface area contributed by atoms with Gasteiger partial charge in [0.25, 0.3) is 0 Å². The van der Waals surface area contributed by atoms with Crippen LogP contribution in [0, 0.1) is 0 Å². The standard InChI is InChI=1S/C22H23N3O3S/c1-3-11-23-22(27)25-20(26)14-29-21-13-18(15-7-5-4-6-8-15)17-10-9-16(28-2)12-19(17)24-21/h4-10,12-13H,3,11,14H2,1-2H3,(H2,23,25,26,27). The van der Waals surface area contributed by atoms with E-state index in [1.807, 2.05) is 61.5 Å². The first-order chi connectivity index (χ1) is 14.1. The van der Waals surface area contributed by atoms with Gasteiger partial charge < -0.3 is 10.1 Å². The number of hydrogen-bond acceptors (Lipinski definition) is 5. The maximum atomic E-state index is 12.1. The summed E-state index contributed by atoms with van der Waals surface area (Å²) in [5, 5.41) is 6.66. The number of imide groups is 1. The highest BCUT2D eigenvalue weighted by atomic mass is 32.2. The van der Waals surface area contributed by atoms with Crippen LogP contribution in [0.25, 0.3) is 22.0 Å². The van der Waals surface area contributed by atoms with Gasteiger partial charge in [-0.25, -0.2) is 9.78 Å². The molecule has 0 atom stereocenters. The molecule has 150 valence electrons. The molecule has 0 aliphatic carbocycles. The van der Waals surface area contributed by atoms with Crippen LogP contribution in [0.1, 0.15) is 13.3 Å². The zero-order valence-electron chi connectivity index (χ0n) is 16.4. The van der Waals surface area contributed by atoms with Gasteiger partial charge in [0.1, 0.15) is 5.75 Å². The van der Waals surface area contributed by atoms with Gasteiger partial charge in [-0.3, -0.25) is 10.1 Å². The van der Waals surface area contributed by atoms with Crippen LogP contribution < -0.4 is 15.4 Å². The van der Waals surface area contributed by atoms with E-state index in [1.165, 1.54) is 11.8 Å². The van der Waals surface area contributed by atoms with Gasteiger partial charge in [-0.15, -0.1) is 0 Å². The number of aromatic nitrogens is 1. The molecule has 0 saturated carbocycles. The lowest BCUT2D eigenvalue weighted by molar-refractivity contribution is -0.117. The fourth-order valence-electron chi connectivity index (χ4n) is 2.83. The summed E-state index contributed by atoms with van der Waals surface area (Å²) in [5.74, 6) is 0.449. The number of nitrogens with one attached hydrogen (secondary N) is 2. The van der Waals surface area contributed by atoms with Gasteiger partial charge in [-0.05, 0) is 35.7 Å². The Bertz CT molecular complexity index is 1010. The first kappa shape index (κ1) is 20.7. The first-order valence-electron chi connectivity index (χ1n) is 9.35. The van der Waals surface area contributed by atoms with Gasteiger partial charge in [-0.2, -0.15) is 0 Å². The largest absolute Gasteiger partial charge is 0.497 e. The van der Waals surface area contributed by atoms with Crippen LogP contribution in [0.3, 0.4) is 0 Å². The number of nitrogens with zero attached hydrogens (tertiary/aromatic N) is 1.